The molecule has 0 aromatic heterocycles. The van der Waals surface area contributed by atoms with E-state index in [0.29, 0.717) is 24.1 Å². The van der Waals surface area contributed by atoms with Gasteiger partial charge in [-0.15, -0.1) is 0 Å². The summed E-state index contributed by atoms with van der Waals surface area (Å²) < 4.78 is 46.9. The molecular weight excluding hydrogens is 455 g/mol. The van der Waals surface area contributed by atoms with Crippen molar-refractivity contribution in [2.24, 2.45) is 5.92 Å². The van der Waals surface area contributed by atoms with E-state index in [1.165, 1.54) is 12.7 Å². The average molecular weight is 492 g/mol. The molecule has 1 N–H and O–H groups in total. The summed E-state index contributed by atoms with van der Waals surface area (Å²) in [6, 6.07) is 2.09. The monoisotopic (exact) mass is 491 g/mol. The van der Waals surface area contributed by atoms with E-state index in [0.717, 1.165) is 50.3 Å². The van der Waals surface area contributed by atoms with Gasteiger partial charge in [0.25, 0.3) is 5.91 Å². The van der Waals surface area contributed by atoms with Gasteiger partial charge < -0.3 is 15.0 Å². The summed E-state index contributed by atoms with van der Waals surface area (Å²) in [6.07, 6.45) is 2.66. The van der Waals surface area contributed by atoms with Gasteiger partial charge in [-0.1, -0.05) is 32.9 Å². The van der Waals surface area contributed by atoms with Crippen LogP contribution in [-0.2, 0) is 17.5 Å². The van der Waals surface area contributed by atoms with Crippen molar-refractivity contribution in [3.63, 3.8) is 0 Å². The maximum Gasteiger partial charge on any atom is 0.416 e. The number of halogens is 3. The number of piperazine rings is 1. The number of nitrogens with one attached hydrogen (secondary N) is 1. The molecule has 0 atom stereocenters. The molecule has 1 aromatic rings. The fraction of sp³-hybridized carbons (Fsp3) is 0.519. The van der Waals surface area contributed by atoms with E-state index >= 15 is 0 Å². The number of alkyl halides is 3. The zero-order chi connectivity index (χ0) is 25.8. The number of hydrogen-bond donors (Lipinski definition) is 1. The number of carbonyl (C=O) groups excluding carboxylic acids is 1. The van der Waals surface area contributed by atoms with Crippen LogP contribution in [0.25, 0.3) is 0 Å². The number of rotatable bonds is 7. The molecule has 35 heavy (non-hydrogen) atoms. The van der Waals surface area contributed by atoms with Crippen LogP contribution in [0.4, 0.5) is 18.9 Å². The van der Waals surface area contributed by atoms with Gasteiger partial charge in [0.2, 0.25) is 0 Å². The first-order valence-corrected chi connectivity index (χ1v) is 12.1. The smallest absolute Gasteiger partial charge is 0.416 e. The number of nitrogens with zero attached hydrogens (tertiary/aromatic N) is 2. The lowest BCUT2D eigenvalue weighted by molar-refractivity contribution is -0.137. The molecule has 1 aliphatic carbocycles. The van der Waals surface area contributed by atoms with Gasteiger partial charge in [0, 0.05) is 43.9 Å². The van der Waals surface area contributed by atoms with Gasteiger partial charge in [-0.2, -0.15) is 13.2 Å². The number of amides is 1. The topological polar surface area (TPSA) is 44.8 Å². The standard InChI is InChI=1S/C27H36F3N3O2/c1-6-19-8-7-9-20(15-23(19)18(2)3)26(34)31-24-16-22(27(28,29)30)14-21(25(24)35-5)17-33-12-10-32(4)11-13-33/h8-9,14-16,18H,6-7,10-13,17H2,1-5H3,(H,31,34). The minimum absolute atomic E-state index is 0.0322. The van der Waals surface area contributed by atoms with E-state index in [4.69, 9.17) is 4.74 Å². The summed E-state index contributed by atoms with van der Waals surface area (Å²) in [6.45, 7) is 9.71. The highest BCUT2D eigenvalue weighted by Crippen LogP contribution is 2.39. The average Bonchev–Trinajstić information content (AvgIpc) is 3.02. The number of benzene rings is 1. The maximum atomic E-state index is 13.8. The van der Waals surface area contributed by atoms with Gasteiger partial charge in [-0.05, 0) is 55.2 Å². The van der Waals surface area contributed by atoms with Crippen LogP contribution in [0.2, 0.25) is 0 Å². The third-order valence-corrected chi connectivity index (χ3v) is 6.58. The molecule has 0 bridgehead atoms. The molecule has 1 fully saturated rings. The molecule has 8 heteroatoms. The van der Waals surface area contributed by atoms with Crippen LogP contribution in [0.5, 0.6) is 5.75 Å². The maximum absolute atomic E-state index is 13.8. The van der Waals surface area contributed by atoms with Crippen LogP contribution in [0, 0.1) is 5.92 Å². The van der Waals surface area contributed by atoms with E-state index in [-0.39, 0.29) is 17.4 Å². The fourth-order valence-corrected chi connectivity index (χ4v) is 4.55. The van der Waals surface area contributed by atoms with Crippen LogP contribution >= 0.6 is 0 Å². The Morgan fingerprint density at radius 2 is 1.83 bits per heavy atom. The molecule has 0 saturated carbocycles. The van der Waals surface area contributed by atoms with Crippen molar-refractivity contribution in [3.8, 4) is 5.75 Å². The van der Waals surface area contributed by atoms with E-state index in [9.17, 15) is 18.0 Å². The number of allylic oxidation sites excluding steroid dienone is 4. The molecule has 0 spiro atoms. The van der Waals surface area contributed by atoms with Crippen LogP contribution < -0.4 is 10.1 Å². The number of anilines is 1. The predicted molar refractivity (Wildman–Crippen MR) is 133 cm³/mol. The van der Waals surface area contributed by atoms with E-state index in [1.54, 1.807) is 0 Å². The Morgan fingerprint density at radius 3 is 2.40 bits per heavy atom. The van der Waals surface area contributed by atoms with Crippen LogP contribution in [0.15, 0.2) is 47.1 Å². The van der Waals surface area contributed by atoms with Crippen molar-refractivity contribution in [1.82, 2.24) is 9.80 Å². The van der Waals surface area contributed by atoms with E-state index < -0.39 is 17.6 Å². The molecule has 3 rings (SSSR count). The largest absolute Gasteiger partial charge is 0.494 e. The zero-order valence-electron chi connectivity index (χ0n) is 21.3. The highest BCUT2D eigenvalue weighted by molar-refractivity contribution is 6.07. The van der Waals surface area contributed by atoms with Gasteiger partial charge in [-0.25, -0.2) is 0 Å². The van der Waals surface area contributed by atoms with Crippen molar-refractivity contribution in [1.29, 1.82) is 0 Å². The van der Waals surface area contributed by atoms with Gasteiger partial charge in [-0.3, -0.25) is 9.69 Å². The summed E-state index contributed by atoms with van der Waals surface area (Å²) in [4.78, 5) is 17.5. The van der Waals surface area contributed by atoms with Crippen molar-refractivity contribution >= 4 is 11.6 Å². The SMILES string of the molecule is CCC1=CCC=C(C(=O)Nc2cc(C(F)(F)F)cc(CN3CCN(C)CC3)c2OC)C=C1C(C)C. The first-order valence-electron chi connectivity index (χ1n) is 12.1. The molecular formula is C27H36F3N3O2. The molecule has 1 saturated heterocycles. The summed E-state index contributed by atoms with van der Waals surface area (Å²) in [5, 5.41) is 2.72. The van der Waals surface area contributed by atoms with Gasteiger partial charge in [0.15, 0.2) is 0 Å². The molecule has 0 unspecified atom stereocenters. The van der Waals surface area contributed by atoms with Crippen LogP contribution in [0.3, 0.4) is 0 Å². The first kappa shape index (κ1) is 27.0. The number of methoxy groups -OCH3 is 1. The molecule has 192 valence electrons. The van der Waals surface area contributed by atoms with Gasteiger partial charge in [0.1, 0.15) is 5.75 Å². The number of hydrogen-bond acceptors (Lipinski definition) is 4. The van der Waals surface area contributed by atoms with E-state index in [2.05, 4.69) is 42.0 Å². The number of carbonyl (C=O) groups is 1. The summed E-state index contributed by atoms with van der Waals surface area (Å²) in [5.74, 6) is 0.0331. The summed E-state index contributed by atoms with van der Waals surface area (Å²) >= 11 is 0. The summed E-state index contributed by atoms with van der Waals surface area (Å²) in [7, 11) is 3.45. The summed E-state index contributed by atoms with van der Waals surface area (Å²) in [5.41, 5.74) is 2.33. The molecule has 2 aliphatic rings. The molecule has 1 heterocycles. The van der Waals surface area contributed by atoms with Crippen molar-refractivity contribution in [2.45, 2.75) is 46.3 Å². The Balaban J connectivity index is 1.95. The molecule has 0 radical (unpaired) electrons. The Morgan fingerprint density at radius 1 is 1.14 bits per heavy atom. The highest BCUT2D eigenvalue weighted by atomic mass is 19.4. The number of likely N-dealkylation sites (N-methyl/N-ethyl adjacent to an activating group) is 1. The zero-order valence-corrected chi connectivity index (χ0v) is 21.3. The minimum atomic E-state index is -4.55. The molecule has 1 aromatic carbocycles. The Kier molecular flexibility index (Phi) is 8.83. The Labute approximate surface area is 206 Å². The molecule has 5 nitrogen and oxygen atoms in total. The van der Waals surface area contributed by atoms with Crippen molar-refractivity contribution in [3.05, 3.63) is 58.2 Å². The fourth-order valence-electron chi connectivity index (χ4n) is 4.55. The lowest BCUT2D eigenvalue weighted by atomic mass is 9.92. The highest BCUT2D eigenvalue weighted by Gasteiger charge is 2.33. The first-order chi connectivity index (χ1) is 16.5. The lowest BCUT2D eigenvalue weighted by Crippen LogP contribution is -2.43. The lowest BCUT2D eigenvalue weighted by Gasteiger charge is -2.33. The second-order valence-electron chi connectivity index (χ2n) is 9.48. The third kappa shape index (κ3) is 6.76. The van der Waals surface area contributed by atoms with Crippen molar-refractivity contribution in [2.75, 3.05) is 45.7 Å². The Bertz CT molecular complexity index is 1020. The quantitative estimate of drug-likeness (QED) is 0.536. The molecule has 1 aliphatic heterocycles. The Hall–Kier alpha value is -2.58. The van der Waals surface area contributed by atoms with Crippen LogP contribution in [0.1, 0.15) is 44.7 Å². The van der Waals surface area contributed by atoms with Crippen LogP contribution in [-0.4, -0.2) is 56.0 Å². The predicted octanol–water partition coefficient (Wildman–Crippen LogP) is 5.65. The van der Waals surface area contributed by atoms with Crippen molar-refractivity contribution < 1.29 is 22.7 Å². The second kappa shape index (κ2) is 11.4. The second-order valence-corrected chi connectivity index (χ2v) is 9.48. The normalized spacial score (nSPS) is 18.0. The van der Waals surface area contributed by atoms with E-state index in [1.807, 2.05) is 19.2 Å². The third-order valence-electron chi connectivity index (χ3n) is 6.58. The number of ether oxygens (including phenoxy) is 1. The molecule has 1 amide bonds. The van der Waals surface area contributed by atoms with Gasteiger partial charge in [0.05, 0.1) is 18.4 Å². The minimum Gasteiger partial charge on any atom is -0.494 e. The van der Waals surface area contributed by atoms with Gasteiger partial charge >= 0.3 is 6.18 Å².